The van der Waals surface area contributed by atoms with Crippen LogP contribution in [0, 0.1) is 75.6 Å². The van der Waals surface area contributed by atoms with E-state index in [0.29, 0.717) is 45.0 Å². The van der Waals surface area contributed by atoms with Gasteiger partial charge in [0.05, 0.1) is 9.85 Å². The number of rotatable bonds is 12. The molecule has 18 heteroatoms. The lowest BCUT2D eigenvalue weighted by molar-refractivity contribution is -0.385. The van der Waals surface area contributed by atoms with Crippen LogP contribution in [-0.2, 0) is 5.41 Å². The average molecular weight is 919 g/mol. The Labute approximate surface area is 391 Å². The maximum atomic E-state index is 13.8. The van der Waals surface area contributed by atoms with Gasteiger partial charge in [-0.05, 0) is 124 Å². The van der Waals surface area contributed by atoms with Gasteiger partial charge in [0.1, 0.15) is 22.8 Å². The third kappa shape index (κ3) is 9.79. The highest BCUT2D eigenvalue weighted by atomic mass is 16.6. The third-order valence-electron chi connectivity index (χ3n) is 12.5. The number of nitrogens with zero attached hydrogens (tertiary/aromatic N) is 6. The van der Waals surface area contributed by atoms with Crippen LogP contribution in [0.1, 0.15) is 130 Å². The molecule has 7 rings (SSSR count). The summed E-state index contributed by atoms with van der Waals surface area (Å²) in [5, 5.41) is 35.2. The number of pyridine rings is 4. The minimum absolute atomic E-state index is 0.305. The van der Waals surface area contributed by atoms with Crippen LogP contribution in [0.25, 0.3) is 0 Å². The number of carbonyl (C=O) groups excluding carboxylic acids is 4. The summed E-state index contributed by atoms with van der Waals surface area (Å²) < 4.78 is 0. The van der Waals surface area contributed by atoms with Crippen LogP contribution in [0.2, 0.25) is 0 Å². The fraction of sp³-hybridized carbons (Fsp3) is 0.280. The molecule has 1 aliphatic rings. The molecule has 0 radical (unpaired) electrons. The molecule has 2 aromatic carbocycles. The second kappa shape index (κ2) is 19.3. The van der Waals surface area contributed by atoms with Crippen molar-refractivity contribution in [2.75, 3.05) is 21.3 Å². The number of nitrogens with one attached hydrogen (secondary N) is 4. The SMILES string of the molecule is Cc1cncc(C)c1NC(=O)c1cc([N+](=O)[O-])cc(C(=O)Nc2c(C)cc(C3(c4cc(C)c(NC(=O)c5cc([N+](=O)[O-])cc(C(=O)Nc6c(C)cncc6C)n5)c(C)c4)CCCCC3)cc2C)n1. The predicted molar refractivity (Wildman–Crippen MR) is 257 cm³/mol. The largest absolute Gasteiger partial charge is 0.320 e. The molecule has 348 valence electrons. The fourth-order valence-electron chi connectivity index (χ4n) is 8.99. The van der Waals surface area contributed by atoms with Crippen LogP contribution in [0.3, 0.4) is 0 Å². The molecule has 1 aliphatic carbocycles. The minimum atomic E-state index is -0.732. The summed E-state index contributed by atoms with van der Waals surface area (Å²) >= 11 is 0. The number of nitro groups is 2. The first-order chi connectivity index (χ1) is 32.3. The van der Waals surface area contributed by atoms with Gasteiger partial charge < -0.3 is 21.3 Å². The molecule has 4 aromatic heterocycles. The van der Waals surface area contributed by atoms with Gasteiger partial charge in [-0.1, -0.05) is 43.5 Å². The number of hydrogen-bond donors (Lipinski definition) is 4. The first-order valence-electron chi connectivity index (χ1n) is 21.9. The molecule has 4 heterocycles. The van der Waals surface area contributed by atoms with Crippen molar-refractivity contribution in [1.29, 1.82) is 0 Å². The van der Waals surface area contributed by atoms with Crippen LogP contribution in [0.15, 0.2) is 73.3 Å². The molecule has 0 bridgehead atoms. The number of amides is 4. The Hall–Kier alpha value is -8.28. The predicted octanol–water partition coefficient (Wildman–Crippen LogP) is 9.81. The first-order valence-corrected chi connectivity index (χ1v) is 21.9. The van der Waals surface area contributed by atoms with Crippen molar-refractivity contribution in [3.8, 4) is 0 Å². The second-order valence-electron chi connectivity index (χ2n) is 17.4. The minimum Gasteiger partial charge on any atom is -0.320 e. The second-order valence-corrected chi connectivity index (χ2v) is 17.4. The zero-order valence-electron chi connectivity index (χ0n) is 38.9. The van der Waals surface area contributed by atoms with Crippen LogP contribution < -0.4 is 21.3 Å². The lowest BCUT2D eigenvalue weighted by atomic mass is 9.64. The number of anilines is 4. The van der Waals surface area contributed by atoms with Crippen molar-refractivity contribution in [3.05, 3.63) is 172 Å². The molecule has 68 heavy (non-hydrogen) atoms. The van der Waals surface area contributed by atoms with Crippen molar-refractivity contribution in [3.63, 3.8) is 0 Å². The van der Waals surface area contributed by atoms with Crippen LogP contribution >= 0.6 is 0 Å². The standard InChI is InChI=1S/C50H50N10O8/c1-26-14-34(15-27(2)42(26)55-46(61)38-18-36(59(65)66)20-40(53-38)48(63)57-44-30(5)22-51-23-31(44)6)50(12-10-9-11-13-50)35-16-28(3)43(29(4)17-35)56-47(62)39-19-37(60(67)68)21-41(54-39)49(64)58-45-32(7)24-52-25-33(45)8/h14-25H,9-13H2,1-8H3,(H,55,61)(H,56,62)(H,51,57,63)(H,52,58,64). The number of hydrogen-bond acceptors (Lipinski definition) is 12. The van der Waals surface area contributed by atoms with E-state index in [1.165, 1.54) is 0 Å². The maximum Gasteiger partial charge on any atom is 0.274 e. The van der Waals surface area contributed by atoms with Gasteiger partial charge in [-0.15, -0.1) is 0 Å². The van der Waals surface area contributed by atoms with Crippen molar-refractivity contribution < 1.29 is 29.0 Å². The number of aryl methyl sites for hydroxylation is 8. The zero-order valence-corrected chi connectivity index (χ0v) is 38.9. The van der Waals surface area contributed by atoms with E-state index in [1.807, 2.05) is 52.0 Å². The van der Waals surface area contributed by atoms with Gasteiger partial charge >= 0.3 is 0 Å². The van der Waals surface area contributed by atoms with Crippen molar-refractivity contribution in [2.45, 2.75) is 92.9 Å². The topological polar surface area (TPSA) is 254 Å². The van der Waals surface area contributed by atoms with Gasteiger partial charge in [0.15, 0.2) is 0 Å². The highest BCUT2D eigenvalue weighted by Gasteiger charge is 2.37. The quantitative estimate of drug-likeness (QED) is 0.0661. The molecule has 4 N–H and O–H groups in total. The Morgan fingerprint density at radius 1 is 0.441 bits per heavy atom. The molecule has 6 aromatic rings. The van der Waals surface area contributed by atoms with E-state index < -0.39 is 50.3 Å². The monoisotopic (exact) mass is 918 g/mol. The lowest BCUT2D eigenvalue weighted by Gasteiger charge is -2.40. The van der Waals surface area contributed by atoms with Gasteiger partial charge in [-0.2, -0.15) is 0 Å². The Bertz CT molecular complexity index is 2800. The average Bonchev–Trinajstić information content (AvgIpc) is 3.30. The number of aromatic nitrogens is 4. The molecule has 4 amide bonds. The van der Waals surface area contributed by atoms with E-state index >= 15 is 0 Å². The number of benzene rings is 2. The van der Waals surface area contributed by atoms with Gasteiger partial charge in [-0.25, -0.2) is 9.97 Å². The molecule has 0 atom stereocenters. The summed E-state index contributed by atoms with van der Waals surface area (Å²) in [5.74, 6) is -2.91. The van der Waals surface area contributed by atoms with Crippen LogP contribution in [0.4, 0.5) is 34.1 Å². The van der Waals surface area contributed by atoms with E-state index in [-0.39, 0.29) is 22.8 Å². The van der Waals surface area contributed by atoms with E-state index in [0.717, 1.165) is 89.8 Å². The smallest absolute Gasteiger partial charge is 0.274 e. The van der Waals surface area contributed by atoms with E-state index in [2.05, 4.69) is 41.2 Å². The molecule has 1 saturated carbocycles. The van der Waals surface area contributed by atoms with E-state index in [4.69, 9.17) is 0 Å². The lowest BCUT2D eigenvalue weighted by Crippen LogP contribution is -2.31. The molecule has 18 nitrogen and oxygen atoms in total. The zero-order chi connectivity index (χ0) is 49.2. The van der Waals surface area contributed by atoms with Gasteiger partial charge in [-0.3, -0.25) is 49.4 Å². The van der Waals surface area contributed by atoms with Gasteiger partial charge in [0, 0.05) is 77.2 Å². The summed E-state index contributed by atoms with van der Waals surface area (Å²) in [7, 11) is 0. The molecular weight excluding hydrogens is 869 g/mol. The first kappa shape index (κ1) is 47.7. The van der Waals surface area contributed by atoms with Gasteiger partial charge in [0.25, 0.3) is 35.0 Å². The normalized spacial score (nSPS) is 13.0. The summed E-state index contributed by atoms with van der Waals surface area (Å²) in [6.07, 6.45) is 10.9. The van der Waals surface area contributed by atoms with Crippen molar-refractivity contribution >= 4 is 57.8 Å². The third-order valence-corrected chi connectivity index (χ3v) is 12.5. The summed E-state index contributed by atoms with van der Waals surface area (Å²) in [6.45, 7) is 14.5. The Morgan fingerprint density at radius 2 is 0.706 bits per heavy atom. The molecule has 0 saturated heterocycles. The summed E-state index contributed by atoms with van der Waals surface area (Å²) in [4.78, 5) is 93.7. The van der Waals surface area contributed by atoms with Gasteiger partial charge in [0.2, 0.25) is 0 Å². The molecule has 1 fully saturated rings. The fourth-order valence-corrected chi connectivity index (χ4v) is 8.99. The van der Waals surface area contributed by atoms with E-state index in [9.17, 15) is 39.4 Å². The van der Waals surface area contributed by atoms with Crippen molar-refractivity contribution in [1.82, 2.24) is 19.9 Å². The Kier molecular flexibility index (Phi) is 13.5. The maximum absolute atomic E-state index is 13.8. The summed E-state index contributed by atoms with van der Waals surface area (Å²) in [5.41, 5.74) is 7.09. The molecular formula is C50H50N10O8. The van der Waals surface area contributed by atoms with Crippen LogP contribution in [-0.4, -0.2) is 53.4 Å². The summed E-state index contributed by atoms with van der Waals surface area (Å²) in [6, 6.07) is 12.2. The van der Waals surface area contributed by atoms with Crippen molar-refractivity contribution in [2.24, 2.45) is 0 Å². The van der Waals surface area contributed by atoms with E-state index in [1.54, 1.807) is 52.5 Å². The highest BCUT2D eigenvalue weighted by Crippen LogP contribution is 2.47. The highest BCUT2D eigenvalue weighted by molar-refractivity contribution is 6.09. The Morgan fingerprint density at radius 3 is 0.971 bits per heavy atom. The number of carbonyl (C=O) groups is 4. The molecule has 0 spiro atoms. The Balaban J connectivity index is 1.15. The molecule has 0 unspecified atom stereocenters. The van der Waals surface area contributed by atoms with Crippen LogP contribution in [0.5, 0.6) is 0 Å². The molecule has 0 aliphatic heterocycles.